The Balaban J connectivity index is 2.89. The van der Waals surface area contributed by atoms with Crippen LogP contribution in [-0.2, 0) is 14.6 Å². The van der Waals surface area contributed by atoms with E-state index >= 15 is 0 Å². The van der Waals surface area contributed by atoms with Gasteiger partial charge < -0.3 is 11.1 Å². The third kappa shape index (κ3) is 4.57. The van der Waals surface area contributed by atoms with Gasteiger partial charge in [0, 0.05) is 12.7 Å². The predicted octanol–water partition coefficient (Wildman–Crippen LogP) is 1.54. The third-order valence-corrected chi connectivity index (χ3v) is 4.14. The summed E-state index contributed by atoms with van der Waals surface area (Å²) < 4.78 is 36.4. The highest BCUT2D eigenvalue weighted by molar-refractivity contribution is 7.90. The Bertz CT molecular complexity index is 583. The molecule has 0 aliphatic heterocycles. The monoisotopic (exact) mass is 302 g/mol. The lowest BCUT2D eigenvalue weighted by Crippen LogP contribution is -2.22. The molecule has 1 rings (SSSR count). The van der Waals surface area contributed by atoms with Crippen LogP contribution in [-0.4, -0.2) is 27.1 Å². The van der Waals surface area contributed by atoms with E-state index in [1.54, 1.807) is 0 Å². The Morgan fingerprint density at radius 3 is 2.60 bits per heavy atom. The zero-order valence-corrected chi connectivity index (χ0v) is 12.3. The molecule has 0 aliphatic carbocycles. The number of sulfone groups is 1. The molecule has 1 unspecified atom stereocenters. The molecule has 0 fully saturated rings. The molecule has 0 heterocycles. The van der Waals surface area contributed by atoms with Gasteiger partial charge in [0.05, 0.1) is 10.6 Å². The Labute approximate surface area is 118 Å². The molecular weight excluding hydrogens is 283 g/mol. The van der Waals surface area contributed by atoms with Gasteiger partial charge in [-0.15, -0.1) is 0 Å². The number of hydrogen-bond acceptors (Lipinski definition) is 4. The molecule has 1 atom stereocenters. The van der Waals surface area contributed by atoms with Gasteiger partial charge in [0.2, 0.25) is 5.91 Å². The molecule has 0 spiro atoms. The quantitative estimate of drug-likeness (QED) is 0.780. The van der Waals surface area contributed by atoms with Crippen molar-refractivity contribution < 1.29 is 17.6 Å². The Kier molecular flexibility index (Phi) is 5.64. The summed E-state index contributed by atoms with van der Waals surface area (Å²) in [7, 11) is -3.45. The molecule has 1 aromatic carbocycles. The van der Waals surface area contributed by atoms with Gasteiger partial charge in [-0.3, -0.25) is 4.79 Å². The summed E-state index contributed by atoms with van der Waals surface area (Å²) in [6.07, 6.45) is 1.94. The minimum atomic E-state index is -3.45. The molecular formula is C13H19FN2O3S. The zero-order chi connectivity index (χ0) is 15.3. The minimum Gasteiger partial charge on any atom is -0.330 e. The van der Waals surface area contributed by atoms with Crippen LogP contribution >= 0.6 is 0 Å². The van der Waals surface area contributed by atoms with Crippen molar-refractivity contribution in [3.8, 4) is 0 Å². The SMILES string of the molecule is CCC(CN)CC(=O)Nc1cc(S(C)(=O)=O)ccc1F. The number of nitrogens with two attached hydrogens (primary N) is 1. The maximum absolute atomic E-state index is 13.6. The molecule has 1 aromatic rings. The summed E-state index contributed by atoms with van der Waals surface area (Å²) in [5.41, 5.74) is 5.37. The molecule has 7 heteroatoms. The van der Waals surface area contributed by atoms with Gasteiger partial charge in [0.25, 0.3) is 0 Å². The van der Waals surface area contributed by atoms with E-state index in [2.05, 4.69) is 5.32 Å². The summed E-state index contributed by atoms with van der Waals surface area (Å²) >= 11 is 0. The summed E-state index contributed by atoms with van der Waals surface area (Å²) in [6.45, 7) is 2.28. The maximum atomic E-state index is 13.6. The molecule has 0 saturated carbocycles. The highest BCUT2D eigenvalue weighted by atomic mass is 32.2. The number of halogens is 1. The standard InChI is InChI=1S/C13H19FN2O3S/c1-3-9(8-15)6-13(17)16-12-7-10(20(2,18)19)4-5-11(12)14/h4-5,7,9H,3,6,8,15H2,1-2H3,(H,16,17). The normalized spacial score (nSPS) is 13.0. The highest BCUT2D eigenvalue weighted by Gasteiger charge is 2.15. The first-order chi connectivity index (χ1) is 9.27. The van der Waals surface area contributed by atoms with Crippen LogP contribution in [0.3, 0.4) is 0 Å². The van der Waals surface area contributed by atoms with Crippen molar-refractivity contribution in [3.63, 3.8) is 0 Å². The highest BCUT2D eigenvalue weighted by Crippen LogP contribution is 2.20. The van der Waals surface area contributed by atoms with Crippen LogP contribution in [0.15, 0.2) is 23.1 Å². The molecule has 5 nitrogen and oxygen atoms in total. The van der Waals surface area contributed by atoms with E-state index in [4.69, 9.17) is 5.73 Å². The van der Waals surface area contributed by atoms with E-state index in [9.17, 15) is 17.6 Å². The number of rotatable bonds is 6. The molecule has 0 aromatic heterocycles. The van der Waals surface area contributed by atoms with Crippen molar-refractivity contribution in [2.24, 2.45) is 11.7 Å². The van der Waals surface area contributed by atoms with Crippen LogP contribution in [0.2, 0.25) is 0 Å². The van der Waals surface area contributed by atoms with Gasteiger partial charge in [-0.25, -0.2) is 12.8 Å². The van der Waals surface area contributed by atoms with Crippen LogP contribution in [0.25, 0.3) is 0 Å². The van der Waals surface area contributed by atoms with Crippen LogP contribution in [0.5, 0.6) is 0 Å². The summed E-state index contributed by atoms with van der Waals surface area (Å²) in [5.74, 6) is -1.03. The second-order valence-electron chi connectivity index (χ2n) is 4.68. The predicted molar refractivity (Wildman–Crippen MR) is 75.6 cm³/mol. The van der Waals surface area contributed by atoms with Gasteiger partial charge in [-0.2, -0.15) is 0 Å². The van der Waals surface area contributed by atoms with E-state index in [1.807, 2.05) is 6.92 Å². The number of anilines is 1. The van der Waals surface area contributed by atoms with Gasteiger partial charge in [-0.05, 0) is 30.7 Å². The van der Waals surface area contributed by atoms with Crippen molar-refractivity contribution in [1.82, 2.24) is 0 Å². The van der Waals surface area contributed by atoms with Gasteiger partial charge in [-0.1, -0.05) is 13.3 Å². The van der Waals surface area contributed by atoms with Crippen molar-refractivity contribution in [1.29, 1.82) is 0 Å². The smallest absolute Gasteiger partial charge is 0.224 e. The largest absolute Gasteiger partial charge is 0.330 e. The number of carbonyl (C=O) groups is 1. The van der Waals surface area contributed by atoms with Crippen molar-refractivity contribution in [3.05, 3.63) is 24.0 Å². The molecule has 112 valence electrons. The molecule has 3 N–H and O–H groups in total. The molecule has 0 saturated heterocycles. The summed E-state index contributed by atoms with van der Waals surface area (Å²) in [6, 6.07) is 3.30. The minimum absolute atomic E-state index is 0.0242. The zero-order valence-electron chi connectivity index (χ0n) is 11.5. The van der Waals surface area contributed by atoms with E-state index in [0.717, 1.165) is 30.9 Å². The van der Waals surface area contributed by atoms with E-state index < -0.39 is 15.7 Å². The van der Waals surface area contributed by atoms with Crippen molar-refractivity contribution in [2.75, 3.05) is 18.1 Å². The second kappa shape index (κ2) is 6.81. The van der Waals surface area contributed by atoms with Gasteiger partial charge >= 0.3 is 0 Å². The first-order valence-electron chi connectivity index (χ1n) is 6.27. The van der Waals surface area contributed by atoms with E-state index in [1.165, 1.54) is 0 Å². The maximum Gasteiger partial charge on any atom is 0.224 e. The van der Waals surface area contributed by atoms with Crippen molar-refractivity contribution >= 4 is 21.4 Å². The van der Waals surface area contributed by atoms with E-state index in [0.29, 0.717) is 6.54 Å². The average Bonchev–Trinajstić information content (AvgIpc) is 2.37. The molecule has 20 heavy (non-hydrogen) atoms. The Morgan fingerprint density at radius 2 is 2.10 bits per heavy atom. The lowest BCUT2D eigenvalue weighted by atomic mass is 10.0. The number of benzene rings is 1. The summed E-state index contributed by atoms with van der Waals surface area (Å²) in [4.78, 5) is 11.7. The average molecular weight is 302 g/mol. The second-order valence-corrected chi connectivity index (χ2v) is 6.69. The van der Waals surface area contributed by atoms with E-state index in [-0.39, 0.29) is 28.8 Å². The first kappa shape index (κ1) is 16.6. The van der Waals surface area contributed by atoms with Crippen molar-refractivity contribution in [2.45, 2.75) is 24.7 Å². The van der Waals surface area contributed by atoms with Crippen LogP contribution in [0.4, 0.5) is 10.1 Å². The third-order valence-electron chi connectivity index (χ3n) is 3.02. The lowest BCUT2D eigenvalue weighted by molar-refractivity contribution is -0.117. The molecule has 0 aliphatic rings. The van der Waals surface area contributed by atoms with Crippen LogP contribution < -0.4 is 11.1 Å². The fourth-order valence-electron chi connectivity index (χ4n) is 1.69. The Morgan fingerprint density at radius 1 is 1.45 bits per heavy atom. The summed E-state index contributed by atoms with van der Waals surface area (Å²) in [5, 5.41) is 2.39. The number of amides is 1. The number of hydrogen-bond donors (Lipinski definition) is 2. The topological polar surface area (TPSA) is 89.3 Å². The van der Waals surface area contributed by atoms with Gasteiger partial charge in [0.15, 0.2) is 9.84 Å². The molecule has 1 amide bonds. The fourth-order valence-corrected chi connectivity index (χ4v) is 2.34. The molecule has 0 radical (unpaired) electrons. The van der Waals surface area contributed by atoms with Crippen LogP contribution in [0.1, 0.15) is 19.8 Å². The number of nitrogens with one attached hydrogen (secondary N) is 1. The number of carbonyl (C=O) groups excluding carboxylic acids is 1. The first-order valence-corrected chi connectivity index (χ1v) is 8.16. The van der Waals surface area contributed by atoms with Crippen LogP contribution in [0, 0.1) is 11.7 Å². The molecule has 0 bridgehead atoms. The lowest BCUT2D eigenvalue weighted by Gasteiger charge is -2.13. The van der Waals surface area contributed by atoms with Gasteiger partial charge in [0.1, 0.15) is 5.82 Å². The Hall–Kier alpha value is -1.47. The fraction of sp³-hybridized carbons (Fsp3) is 0.462.